The highest BCUT2D eigenvalue weighted by Crippen LogP contribution is 2.16. The Balaban J connectivity index is 2.48. The molecule has 0 unspecified atom stereocenters. The number of esters is 1. The van der Waals surface area contributed by atoms with E-state index in [0.717, 1.165) is 0 Å². The zero-order valence-corrected chi connectivity index (χ0v) is 9.86. The molecule has 7 heteroatoms. The van der Waals surface area contributed by atoms with E-state index >= 15 is 0 Å². The van der Waals surface area contributed by atoms with Crippen LogP contribution >= 0.6 is 15.9 Å². The van der Waals surface area contributed by atoms with Gasteiger partial charge >= 0.3 is 5.97 Å². The lowest BCUT2D eigenvalue weighted by molar-refractivity contribution is 0.0512. The summed E-state index contributed by atoms with van der Waals surface area (Å²) in [5.41, 5.74) is 0.253. The SMILES string of the molecule is CCOC(=O)c1nc2cc(F)c(Br)cn2n1. The summed E-state index contributed by atoms with van der Waals surface area (Å²) in [5, 5.41) is 3.87. The lowest BCUT2D eigenvalue weighted by atomic mass is 10.4. The fourth-order valence-electron chi connectivity index (χ4n) is 1.16. The van der Waals surface area contributed by atoms with Gasteiger partial charge in [0.05, 0.1) is 11.1 Å². The Hall–Kier alpha value is -1.50. The van der Waals surface area contributed by atoms with Crippen molar-refractivity contribution in [2.24, 2.45) is 0 Å². The first-order valence-corrected chi connectivity index (χ1v) is 5.29. The maximum Gasteiger partial charge on any atom is 0.378 e. The summed E-state index contributed by atoms with van der Waals surface area (Å²) in [6, 6.07) is 1.18. The average Bonchev–Trinajstić information content (AvgIpc) is 2.62. The quantitative estimate of drug-likeness (QED) is 0.791. The molecule has 0 aromatic carbocycles. The Morgan fingerprint density at radius 3 is 3.12 bits per heavy atom. The Morgan fingerprint density at radius 2 is 2.44 bits per heavy atom. The third kappa shape index (κ3) is 1.90. The predicted molar refractivity (Wildman–Crippen MR) is 56.6 cm³/mol. The minimum atomic E-state index is -0.622. The van der Waals surface area contributed by atoms with Crippen molar-refractivity contribution in [3.05, 3.63) is 28.4 Å². The molecular weight excluding hydrogens is 281 g/mol. The first kappa shape index (κ1) is 11.0. The van der Waals surface area contributed by atoms with Crippen molar-refractivity contribution in [1.29, 1.82) is 0 Å². The van der Waals surface area contributed by atoms with E-state index in [2.05, 4.69) is 26.0 Å². The monoisotopic (exact) mass is 287 g/mol. The number of halogens is 2. The molecule has 2 rings (SSSR count). The fraction of sp³-hybridized carbons (Fsp3) is 0.222. The van der Waals surface area contributed by atoms with E-state index < -0.39 is 11.8 Å². The summed E-state index contributed by atoms with van der Waals surface area (Å²) >= 11 is 3.01. The highest BCUT2D eigenvalue weighted by molar-refractivity contribution is 9.10. The van der Waals surface area contributed by atoms with Crippen molar-refractivity contribution in [2.75, 3.05) is 6.61 Å². The van der Waals surface area contributed by atoms with Crippen LogP contribution in [0.3, 0.4) is 0 Å². The fourth-order valence-corrected chi connectivity index (χ4v) is 1.47. The summed E-state index contributed by atoms with van der Waals surface area (Å²) in [6.07, 6.45) is 1.39. The molecule has 84 valence electrons. The van der Waals surface area contributed by atoms with E-state index in [9.17, 15) is 9.18 Å². The maximum atomic E-state index is 13.2. The second-order valence-corrected chi connectivity index (χ2v) is 3.78. The number of hydrogen-bond donors (Lipinski definition) is 0. The van der Waals surface area contributed by atoms with Crippen LogP contribution in [0.5, 0.6) is 0 Å². The van der Waals surface area contributed by atoms with Crippen LogP contribution in [0, 0.1) is 5.82 Å². The predicted octanol–water partition coefficient (Wildman–Crippen LogP) is 1.81. The molecule has 0 N–H and O–H groups in total. The minimum Gasteiger partial charge on any atom is -0.460 e. The topological polar surface area (TPSA) is 56.5 Å². The summed E-state index contributed by atoms with van der Waals surface area (Å²) in [7, 11) is 0. The number of nitrogens with zero attached hydrogens (tertiary/aromatic N) is 3. The highest BCUT2D eigenvalue weighted by Gasteiger charge is 2.14. The zero-order valence-electron chi connectivity index (χ0n) is 8.28. The number of aromatic nitrogens is 3. The molecule has 0 radical (unpaired) electrons. The van der Waals surface area contributed by atoms with Crippen LogP contribution in [0.4, 0.5) is 4.39 Å². The third-order valence-electron chi connectivity index (χ3n) is 1.84. The van der Waals surface area contributed by atoms with Gasteiger partial charge in [-0.1, -0.05) is 0 Å². The second-order valence-electron chi connectivity index (χ2n) is 2.93. The van der Waals surface area contributed by atoms with Gasteiger partial charge in [-0.15, -0.1) is 5.10 Å². The molecule has 0 spiro atoms. The van der Waals surface area contributed by atoms with Gasteiger partial charge < -0.3 is 4.74 Å². The average molecular weight is 288 g/mol. The first-order valence-electron chi connectivity index (χ1n) is 4.50. The largest absolute Gasteiger partial charge is 0.460 e. The molecule has 2 aromatic heterocycles. The molecule has 5 nitrogen and oxygen atoms in total. The molecule has 2 heterocycles. The number of carbonyl (C=O) groups excluding carboxylic acids is 1. The lowest BCUT2D eigenvalue weighted by Gasteiger charge is -1.94. The van der Waals surface area contributed by atoms with Crippen molar-refractivity contribution in [1.82, 2.24) is 14.6 Å². The van der Waals surface area contributed by atoms with Crippen LogP contribution < -0.4 is 0 Å². The van der Waals surface area contributed by atoms with Gasteiger partial charge in [-0.3, -0.25) is 0 Å². The van der Waals surface area contributed by atoms with Crippen LogP contribution in [0.1, 0.15) is 17.5 Å². The van der Waals surface area contributed by atoms with Gasteiger partial charge in [0, 0.05) is 12.3 Å². The van der Waals surface area contributed by atoms with Crippen molar-refractivity contribution < 1.29 is 13.9 Å². The Kier molecular flexibility index (Phi) is 2.86. The number of fused-ring (bicyclic) bond motifs is 1. The van der Waals surface area contributed by atoms with E-state index in [1.165, 1.54) is 16.8 Å². The smallest absolute Gasteiger partial charge is 0.378 e. The second kappa shape index (κ2) is 4.17. The molecule has 16 heavy (non-hydrogen) atoms. The van der Waals surface area contributed by atoms with Gasteiger partial charge in [-0.2, -0.15) is 0 Å². The van der Waals surface area contributed by atoms with Crippen LogP contribution in [-0.2, 0) is 4.74 Å². The van der Waals surface area contributed by atoms with Gasteiger partial charge in [0.2, 0.25) is 0 Å². The molecule has 0 saturated heterocycles. The van der Waals surface area contributed by atoms with Crippen molar-refractivity contribution >= 4 is 27.5 Å². The number of ether oxygens (including phenoxy) is 1. The van der Waals surface area contributed by atoms with Crippen LogP contribution in [-0.4, -0.2) is 27.2 Å². The molecule has 0 aliphatic rings. The number of carbonyl (C=O) groups is 1. The molecule has 0 bridgehead atoms. The maximum absolute atomic E-state index is 13.2. The van der Waals surface area contributed by atoms with Gasteiger partial charge in [-0.05, 0) is 22.9 Å². The van der Waals surface area contributed by atoms with Crippen molar-refractivity contribution in [3.63, 3.8) is 0 Å². The minimum absolute atomic E-state index is 0.0839. The number of hydrogen-bond acceptors (Lipinski definition) is 4. The summed E-state index contributed by atoms with van der Waals surface area (Å²) in [5.74, 6) is -1.17. The van der Waals surface area contributed by atoms with E-state index in [-0.39, 0.29) is 22.6 Å². The van der Waals surface area contributed by atoms with Gasteiger partial charge in [0.25, 0.3) is 5.82 Å². The van der Waals surface area contributed by atoms with Gasteiger partial charge in [0.15, 0.2) is 5.65 Å². The highest BCUT2D eigenvalue weighted by atomic mass is 79.9. The van der Waals surface area contributed by atoms with Crippen molar-refractivity contribution in [2.45, 2.75) is 6.92 Å². The third-order valence-corrected chi connectivity index (χ3v) is 2.42. The summed E-state index contributed by atoms with van der Waals surface area (Å²) < 4.78 is 19.5. The molecular formula is C9H7BrFN3O2. The van der Waals surface area contributed by atoms with Crippen molar-refractivity contribution in [3.8, 4) is 0 Å². The van der Waals surface area contributed by atoms with Crippen LogP contribution in [0.2, 0.25) is 0 Å². The number of pyridine rings is 1. The lowest BCUT2D eigenvalue weighted by Crippen LogP contribution is -2.06. The first-order chi connectivity index (χ1) is 7.61. The molecule has 0 aliphatic heterocycles. The van der Waals surface area contributed by atoms with Gasteiger partial charge in [0.1, 0.15) is 5.82 Å². The Morgan fingerprint density at radius 1 is 1.69 bits per heavy atom. The van der Waals surface area contributed by atoms with Crippen LogP contribution in [0.15, 0.2) is 16.7 Å². The van der Waals surface area contributed by atoms with E-state index in [1.54, 1.807) is 6.92 Å². The molecule has 0 fully saturated rings. The Labute approximate surface area is 98.4 Å². The van der Waals surface area contributed by atoms with Crippen LogP contribution in [0.25, 0.3) is 5.65 Å². The van der Waals surface area contributed by atoms with E-state index in [0.29, 0.717) is 0 Å². The molecule has 2 aromatic rings. The summed E-state index contributed by atoms with van der Waals surface area (Å²) in [6.45, 7) is 1.93. The van der Waals surface area contributed by atoms with E-state index in [1.807, 2.05) is 0 Å². The molecule has 0 aliphatic carbocycles. The standard InChI is InChI=1S/C9H7BrFN3O2/c1-2-16-9(15)8-12-7-3-6(11)5(10)4-14(7)13-8/h3-4H,2H2,1H3. The molecule has 0 saturated carbocycles. The normalized spacial score (nSPS) is 10.7. The number of rotatable bonds is 2. The zero-order chi connectivity index (χ0) is 11.7. The molecule has 0 atom stereocenters. The molecule has 0 amide bonds. The summed E-state index contributed by atoms with van der Waals surface area (Å²) in [4.78, 5) is 15.2. The Bertz CT molecular complexity index is 516. The van der Waals surface area contributed by atoms with Gasteiger partial charge in [-0.25, -0.2) is 18.7 Å². The van der Waals surface area contributed by atoms with E-state index in [4.69, 9.17) is 4.74 Å².